The summed E-state index contributed by atoms with van der Waals surface area (Å²) in [7, 11) is 0. The van der Waals surface area contributed by atoms with Gasteiger partial charge in [-0.3, -0.25) is 9.89 Å². The molecule has 5 nitrogen and oxygen atoms in total. The molecule has 0 bridgehead atoms. The number of aromatic amines is 1. The van der Waals surface area contributed by atoms with Crippen LogP contribution < -0.4 is 4.74 Å². The minimum atomic E-state index is 0.229. The number of aromatic nitrogens is 2. The highest BCUT2D eigenvalue weighted by molar-refractivity contribution is 5.76. The SMILES string of the molecule is Cc1ccccc1OCCCC(=O)N1CCC[C@@H](c2ccn[nH]2)C1. The lowest BCUT2D eigenvalue weighted by atomic mass is 9.94. The fraction of sp³-hybridized carbons (Fsp3) is 0.474. The van der Waals surface area contributed by atoms with Crippen LogP contribution in [-0.2, 0) is 4.79 Å². The molecule has 0 radical (unpaired) electrons. The molecule has 1 atom stereocenters. The number of piperidine rings is 1. The third-order valence-electron chi connectivity index (χ3n) is 4.62. The van der Waals surface area contributed by atoms with Gasteiger partial charge in [0.1, 0.15) is 5.75 Å². The maximum absolute atomic E-state index is 12.4. The van der Waals surface area contributed by atoms with E-state index in [1.807, 2.05) is 42.2 Å². The molecule has 1 aliphatic heterocycles. The van der Waals surface area contributed by atoms with Gasteiger partial charge in [0.15, 0.2) is 0 Å². The second kappa shape index (κ2) is 7.99. The lowest BCUT2D eigenvalue weighted by molar-refractivity contribution is -0.132. The number of benzene rings is 1. The average Bonchev–Trinajstić information content (AvgIpc) is 3.15. The minimum Gasteiger partial charge on any atom is -0.493 e. The van der Waals surface area contributed by atoms with Crippen LogP contribution in [0, 0.1) is 6.92 Å². The Labute approximate surface area is 143 Å². The molecule has 0 spiro atoms. The van der Waals surface area contributed by atoms with Crippen LogP contribution in [0.15, 0.2) is 36.5 Å². The van der Waals surface area contributed by atoms with E-state index in [0.717, 1.165) is 49.4 Å². The molecule has 3 rings (SSSR count). The van der Waals surface area contributed by atoms with Gasteiger partial charge < -0.3 is 9.64 Å². The molecule has 0 unspecified atom stereocenters. The normalized spacial score (nSPS) is 17.7. The number of aryl methyl sites for hydroxylation is 1. The van der Waals surface area contributed by atoms with E-state index in [9.17, 15) is 4.79 Å². The molecule has 1 aliphatic rings. The maximum atomic E-state index is 12.4. The number of H-pyrrole nitrogens is 1. The summed E-state index contributed by atoms with van der Waals surface area (Å²) in [6.07, 6.45) is 5.23. The Morgan fingerprint density at radius 3 is 3.04 bits per heavy atom. The zero-order valence-electron chi connectivity index (χ0n) is 14.2. The Morgan fingerprint density at radius 2 is 2.25 bits per heavy atom. The van der Waals surface area contributed by atoms with E-state index >= 15 is 0 Å². The third-order valence-corrected chi connectivity index (χ3v) is 4.62. The van der Waals surface area contributed by atoms with Gasteiger partial charge in [0.25, 0.3) is 0 Å². The molecular formula is C19H25N3O2. The standard InChI is InChI=1S/C19H25N3O2/c1-15-6-2-3-8-18(15)24-13-5-9-19(23)22-12-4-7-16(14-22)17-10-11-20-21-17/h2-3,6,8,10-11,16H,4-5,7,9,12-14H2,1H3,(H,20,21)/t16-/m1/s1. The highest BCUT2D eigenvalue weighted by atomic mass is 16.5. The fourth-order valence-corrected chi connectivity index (χ4v) is 3.23. The molecule has 1 N–H and O–H groups in total. The van der Waals surface area contributed by atoms with E-state index < -0.39 is 0 Å². The van der Waals surface area contributed by atoms with Crippen LogP contribution in [0.2, 0.25) is 0 Å². The monoisotopic (exact) mass is 327 g/mol. The molecule has 1 aromatic carbocycles. The second-order valence-corrected chi connectivity index (χ2v) is 6.41. The zero-order valence-corrected chi connectivity index (χ0v) is 14.2. The van der Waals surface area contributed by atoms with Crippen molar-refractivity contribution in [3.8, 4) is 5.75 Å². The largest absolute Gasteiger partial charge is 0.493 e. The van der Waals surface area contributed by atoms with Gasteiger partial charge in [-0.1, -0.05) is 18.2 Å². The third kappa shape index (κ3) is 4.16. The van der Waals surface area contributed by atoms with E-state index in [1.165, 1.54) is 0 Å². The number of carbonyl (C=O) groups excluding carboxylic acids is 1. The van der Waals surface area contributed by atoms with E-state index in [1.54, 1.807) is 6.20 Å². The Hall–Kier alpha value is -2.30. The number of ether oxygens (including phenoxy) is 1. The molecule has 2 heterocycles. The average molecular weight is 327 g/mol. The minimum absolute atomic E-state index is 0.229. The Kier molecular flexibility index (Phi) is 5.51. The molecule has 5 heteroatoms. The van der Waals surface area contributed by atoms with Crippen molar-refractivity contribution in [1.82, 2.24) is 15.1 Å². The van der Waals surface area contributed by atoms with Crippen molar-refractivity contribution in [3.05, 3.63) is 47.8 Å². The molecule has 1 fully saturated rings. The molecule has 128 valence electrons. The number of carbonyl (C=O) groups is 1. The lowest BCUT2D eigenvalue weighted by Crippen LogP contribution is -2.39. The first-order valence-electron chi connectivity index (χ1n) is 8.69. The number of nitrogens with one attached hydrogen (secondary N) is 1. The summed E-state index contributed by atoms with van der Waals surface area (Å²) in [5, 5.41) is 7.05. The van der Waals surface area contributed by atoms with Gasteiger partial charge in [-0.25, -0.2) is 0 Å². The first-order chi connectivity index (χ1) is 11.7. The van der Waals surface area contributed by atoms with Crippen LogP contribution in [0.1, 0.15) is 42.9 Å². The number of likely N-dealkylation sites (tertiary alicyclic amines) is 1. The predicted molar refractivity (Wildman–Crippen MR) is 93.1 cm³/mol. The predicted octanol–water partition coefficient (Wildman–Crippen LogP) is 3.28. The van der Waals surface area contributed by atoms with E-state index in [4.69, 9.17) is 4.74 Å². The van der Waals surface area contributed by atoms with Gasteiger partial charge in [0.2, 0.25) is 5.91 Å². The van der Waals surface area contributed by atoms with E-state index in [0.29, 0.717) is 18.9 Å². The molecule has 0 saturated carbocycles. The van der Waals surface area contributed by atoms with Crippen molar-refractivity contribution in [3.63, 3.8) is 0 Å². The number of rotatable bonds is 6. The summed E-state index contributed by atoms with van der Waals surface area (Å²) in [6.45, 7) is 4.26. The number of amides is 1. The highest BCUT2D eigenvalue weighted by Gasteiger charge is 2.25. The summed E-state index contributed by atoms with van der Waals surface area (Å²) in [5.74, 6) is 1.52. The first kappa shape index (κ1) is 16.6. The van der Waals surface area contributed by atoms with Crippen LogP contribution in [0.25, 0.3) is 0 Å². The molecule has 24 heavy (non-hydrogen) atoms. The van der Waals surface area contributed by atoms with Crippen molar-refractivity contribution in [2.24, 2.45) is 0 Å². The first-order valence-corrected chi connectivity index (χ1v) is 8.69. The van der Waals surface area contributed by atoms with Gasteiger partial charge in [-0.2, -0.15) is 5.10 Å². The Bertz CT molecular complexity index is 654. The number of hydrogen-bond donors (Lipinski definition) is 1. The van der Waals surface area contributed by atoms with Crippen LogP contribution in [-0.4, -0.2) is 40.7 Å². The molecule has 1 saturated heterocycles. The van der Waals surface area contributed by atoms with Crippen LogP contribution in [0.5, 0.6) is 5.75 Å². The van der Waals surface area contributed by atoms with Gasteiger partial charge in [-0.15, -0.1) is 0 Å². The molecular weight excluding hydrogens is 302 g/mol. The number of para-hydroxylation sites is 1. The summed E-state index contributed by atoms with van der Waals surface area (Å²) in [4.78, 5) is 14.4. The Balaban J connectivity index is 1.42. The van der Waals surface area contributed by atoms with Gasteiger partial charge in [-0.05, 0) is 43.9 Å². The summed E-state index contributed by atoms with van der Waals surface area (Å²) >= 11 is 0. The van der Waals surface area contributed by atoms with Crippen molar-refractivity contribution < 1.29 is 9.53 Å². The quantitative estimate of drug-likeness (QED) is 0.828. The van der Waals surface area contributed by atoms with Crippen molar-refractivity contribution in [2.75, 3.05) is 19.7 Å². The van der Waals surface area contributed by atoms with Crippen molar-refractivity contribution in [2.45, 2.75) is 38.5 Å². The summed E-state index contributed by atoms with van der Waals surface area (Å²) in [6, 6.07) is 9.98. The molecule has 1 amide bonds. The topological polar surface area (TPSA) is 58.2 Å². The van der Waals surface area contributed by atoms with Crippen LogP contribution in [0.3, 0.4) is 0 Å². The van der Waals surface area contributed by atoms with Gasteiger partial charge in [0, 0.05) is 37.3 Å². The number of nitrogens with zero attached hydrogens (tertiary/aromatic N) is 2. The van der Waals surface area contributed by atoms with Crippen molar-refractivity contribution >= 4 is 5.91 Å². The lowest BCUT2D eigenvalue weighted by Gasteiger charge is -2.32. The van der Waals surface area contributed by atoms with Gasteiger partial charge in [0.05, 0.1) is 6.61 Å². The molecule has 2 aromatic rings. The molecule has 0 aliphatic carbocycles. The fourth-order valence-electron chi connectivity index (χ4n) is 3.23. The summed E-state index contributed by atoms with van der Waals surface area (Å²) < 4.78 is 5.77. The van der Waals surface area contributed by atoms with E-state index in [-0.39, 0.29) is 5.91 Å². The van der Waals surface area contributed by atoms with Crippen LogP contribution >= 0.6 is 0 Å². The highest BCUT2D eigenvalue weighted by Crippen LogP contribution is 2.25. The smallest absolute Gasteiger partial charge is 0.222 e. The van der Waals surface area contributed by atoms with E-state index in [2.05, 4.69) is 10.2 Å². The van der Waals surface area contributed by atoms with Crippen LogP contribution in [0.4, 0.5) is 0 Å². The zero-order chi connectivity index (χ0) is 16.8. The second-order valence-electron chi connectivity index (χ2n) is 6.41. The maximum Gasteiger partial charge on any atom is 0.222 e. The summed E-state index contributed by atoms with van der Waals surface area (Å²) in [5.41, 5.74) is 2.26. The van der Waals surface area contributed by atoms with Crippen molar-refractivity contribution in [1.29, 1.82) is 0 Å². The molecule has 1 aromatic heterocycles. The Morgan fingerprint density at radius 1 is 1.38 bits per heavy atom. The number of hydrogen-bond acceptors (Lipinski definition) is 3. The van der Waals surface area contributed by atoms with Gasteiger partial charge >= 0.3 is 0 Å².